The van der Waals surface area contributed by atoms with Gasteiger partial charge < -0.3 is 14.8 Å². The molecule has 7 heteroatoms. The quantitative estimate of drug-likeness (QED) is 0.773. The van der Waals surface area contributed by atoms with E-state index < -0.39 is 0 Å². The molecule has 24 heavy (non-hydrogen) atoms. The van der Waals surface area contributed by atoms with Crippen molar-refractivity contribution in [2.75, 3.05) is 20.8 Å². The number of nitrogens with zero attached hydrogens (tertiary/aromatic N) is 2. The number of methoxy groups -OCH3 is 2. The van der Waals surface area contributed by atoms with E-state index in [0.29, 0.717) is 23.7 Å². The molecule has 0 fully saturated rings. The molecule has 1 aromatic heterocycles. The van der Waals surface area contributed by atoms with Crippen LogP contribution in [0.25, 0.3) is 11.3 Å². The summed E-state index contributed by atoms with van der Waals surface area (Å²) >= 11 is 0. The molecule has 1 heterocycles. The van der Waals surface area contributed by atoms with Crippen LogP contribution in [0.5, 0.6) is 11.5 Å². The van der Waals surface area contributed by atoms with Crippen molar-refractivity contribution in [3.05, 3.63) is 53.3 Å². The lowest BCUT2D eigenvalue weighted by Crippen LogP contribution is -2.33. The van der Waals surface area contributed by atoms with Gasteiger partial charge in [-0.15, -0.1) is 6.58 Å². The Labute approximate surface area is 139 Å². The van der Waals surface area contributed by atoms with Gasteiger partial charge in [0.1, 0.15) is 6.54 Å². The molecule has 0 atom stereocenters. The molecule has 0 bridgehead atoms. The zero-order chi connectivity index (χ0) is 17.5. The van der Waals surface area contributed by atoms with Gasteiger partial charge in [-0.25, -0.2) is 4.68 Å². The number of benzene rings is 1. The van der Waals surface area contributed by atoms with Crippen LogP contribution in [-0.2, 0) is 11.3 Å². The number of aromatic nitrogens is 2. The number of ether oxygens (including phenoxy) is 2. The predicted octanol–water partition coefficient (Wildman–Crippen LogP) is 1.23. The van der Waals surface area contributed by atoms with Crippen molar-refractivity contribution < 1.29 is 14.3 Å². The molecule has 0 saturated heterocycles. The second-order valence-corrected chi connectivity index (χ2v) is 4.88. The largest absolute Gasteiger partial charge is 0.493 e. The second-order valence-electron chi connectivity index (χ2n) is 4.88. The van der Waals surface area contributed by atoms with Gasteiger partial charge >= 0.3 is 0 Å². The molecular formula is C17H19N3O4. The molecule has 0 spiro atoms. The summed E-state index contributed by atoms with van der Waals surface area (Å²) in [6, 6.07) is 8.29. The van der Waals surface area contributed by atoms with Gasteiger partial charge in [0.05, 0.1) is 19.9 Å². The first-order chi connectivity index (χ1) is 11.6. The van der Waals surface area contributed by atoms with E-state index in [4.69, 9.17) is 9.47 Å². The van der Waals surface area contributed by atoms with Crippen LogP contribution in [0.3, 0.4) is 0 Å². The van der Waals surface area contributed by atoms with E-state index in [1.165, 1.54) is 6.07 Å². The molecular weight excluding hydrogens is 310 g/mol. The van der Waals surface area contributed by atoms with Crippen LogP contribution in [0.2, 0.25) is 0 Å². The smallest absolute Gasteiger partial charge is 0.267 e. The molecule has 0 aliphatic heterocycles. The predicted molar refractivity (Wildman–Crippen MR) is 90.2 cm³/mol. The fourth-order valence-electron chi connectivity index (χ4n) is 2.09. The van der Waals surface area contributed by atoms with Gasteiger partial charge in [0.15, 0.2) is 11.5 Å². The van der Waals surface area contributed by atoms with Gasteiger partial charge in [0, 0.05) is 18.2 Å². The number of hydrogen-bond acceptors (Lipinski definition) is 5. The molecule has 1 amide bonds. The normalized spacial score (nSPS) is 10.1. The molecule has 7 nitrogen and oxygen atoms in total. The minimum absolute atomic E-state index is 0.159. The average Bonchev–Trinajstić information content (AvgIpc) is 2.61. The summed E-state index contributed by atoms with van der Waals surface area (Å²) in [5, 5.41) is 6.85. The Hall–Kier alpha value is -3.09. The van der Waals surface area contributed by atoms with Crippen LogP contribution in [-0.4, -0.2) is 36.5 Å². The van der Waals surface area contributed by atoms with E-state index in [1.54, 1.807) is 44.6 Å². The Kier molecular flexibility index (Phi) is 5.73. The van der Waals surface area contributed by atoms with Crippen molar-refractivity contribution in [1.82, 2.24) is 15.1 Å². The monoisotopic (exact) mass is 329 g/mol. The van der Waals surface area contributed by atoms with E-state index in [-0.39, 0.29) is 18.0 Å². The summed E-state index contributed by atoms with van der Waals surface area (Å²) in [6.45, 7) is 3.70. The Bertz CT molecular complexity index is 799. The van der Waals surface area contributed by atoms with E-state index in [1.807, 2.05) is 0 Å². The molecule has 0 saturated carbocycles. The third-order valence-corrected chi connectivity index (χ3v) is 3.28. The Morgan fingerprint density at radius 3 is 2.67 bits per heavy atom. The summed E-state index contributed by atoms with van der Waals surface area (Å²) in [5.74, 6) is 0.839. The Morgan fingerprint density at radius 2 is 2.00 bits per heavy atom. The highest BCUT2D eigenvalue weighted by molar-refractivity contribution is 5.75. The summed E-state index contributed by atoms with van der Waals surface area (Å²) in [6.07, 6.45) is 1.56. The van der Waals surface area contributed by atoms with Crippen molar-refractivity contribution in [2.45, 2.75) is 6.54 Å². The lowest BCUT2D eigenvalue weighted by molar-refractivity contribution is -0.121. The molecule has 0 radical (unpaired) electrons. The molecule has 126 valence electrons. The van der Waals surface area contributed by atoms with Crippen LogP contribution in [0.4, 0.5) is 0 Å². The van der Waals surface area contributed by atoms with Gasteiger partial charge in [0.25, 0.3) is 5.56 Å². The molecule has 2 aromatic rings. The van der Waals surface area contributed by atoms with Gasteiger partial charge in [-0.05, 0) is 24.3 Å². The maximum absolute atomic E-state index is 11.9. The van der Waals surface area contributed by atoms with E-state index in [2.05, 4.69) is 17.0 Å². The third-order valence-electron chi connectivity index (χ3n) is 3.28. The molecule has 1 N–H and O–H groups in total. The molecule has 1 aromatic carbocycles. The molecule has 2 rings (SSSR count). The molecule has 0 aliphatic rings. The number of amides is 1. The van der Waals surface area contributed by atoms with Crippen LogP contribution in [0.1, 0.15) is 0 Å². The van der Waals surface area contributed by atoms with Gasteiger partial charge in [-0.3, -0.25) is 9.59 Å². The van der Waals surface area contributed by atoms with Crippen LogP contribution < -0.4 is 20.3 Å². The number of nitrogens with one attached hydrogen (secondary N) is 1. The summed E-state index contributed by atoms with van der Waals surface area (Å²) in [4.78, 5) is 23.7. The highest BCUT2D eigenvalue weighted by atomic mass is 16.5. The number of hydrogen-bond donors (Lipinski definition) is 1. The Morgan fingerprint density at radius 1 is 1.25 bits per heavy atom. The van der Waals surface area contributed by atoms with Crippen molar-refractivity contribution in [2.24, 2.45) is 0 Å². The summed E-state index contributed by atoms with van der Waals surface area (Å²) in [5.41, 5.74) is 0.938. The highest BCUT2D eigenvalue weighted by Crippen LogP contribution is 2.31. The number of carbonyl (C=O) groups excluding carboxylic acids is 1. The number of carbonyl (C=O) groups is 1. The fourth-order valence-corrected chi connectivity index (χ4v) is 2.09. The van der Waals surface area contributed by atoms with Crippen molar-refractivity contribution >= 4 is 5.91 Å². The topological polar surface area (TPSA) is 82.5 Å². The summed E-state index contributed by atoms with van der Waals surface area (Å²) in [7, 11) is 3.09. The van der Waals surface area contributed by atoms with Gasteiger partial charge in [-0.1, -0.05) is 6.08 Å². The lowest BCUT2D eigenvalue weighted by atomic mass is 10.1. The van der Waals surface area contributed by atoms with E-state index in [9.17, 15) is 9.59 Å². The third kappa shape index (κ3) is 4.01. The van der Waals surface area contributed by atoms with Gasteiger partial charge in [0.2, 0.25) is 5.91 Å². The minimum atomic E-state index is -0.354. The highest BCUT2D eigenvalue weighted by Gasteiger charge is 2.10. The standard InChI is InChI=1S/C17H19N3O4/c1-4-9-18-16(21)11-20-17(22)8-6-13(19-20)12-5-7-14(23-2)15(10-12)24-3/h4-8,10H,1,9,11H2,2-3H3,(H,18,21). The first kappa shape index (κ1) is 17.3. The first-order valence-corrected chi connectivity index (χ1v) is 7.27. The minimum Gasteiger partial charge on any atom is -0.493 e. The summed E-state index contributed by atoms with van der Waals surface area (Å²) < 4.78 is 11.6. The van der Waals surface area contributed by atoms with E-state index >= 15 is 0 Å². The SMILES string of the molecule is C=CCNC(=O)Cn1nc(-c2ccc(OC)c(OC)c2)ccc1=O. The number of rotatable bonds is 7. The zero-order valence-electron chi connectivity index (χ0n) is 13.6. The molecule has 0 aliphatic carbocycles. The van der Waals surface area contributed by atoms with Crippen molar-refractivity contribution in [1.29, 1.82) is 0 Å². The van der Waals surface area contributed by atoms with Gasteiger partial charge in [-0.2, -0.15) is 5.10 Å². The average molecular weight is 329 g/mol. The van der Waals surface area contributed by atoms with Crippen LogP contribution >= 0.6 is 0 Å². The molecule has 0 unspecified atom stereocenters. The van der Waals surface area contributed by atoms with Crippen LogP contribution in [0.15, 0.2) is 47.8 Å². The van der Waals surface area contributed by atoms with Crippen LogP contribution in [0, 0.1) is 0 Å². The second kappa shape index (κ2) is 7.96. The maximum Gasteiger partial charge on any atom is 0.267 e. The first-order valence-electron chi connectivity index (χ1n) is 7.27. The zero-order valence-corrected chi connectivity index (χ0v) is 13.6. The maximum atomic E-state index is 11.9. The lowest BCUT2D eigenvalue weighted by Gasteiger charge is -2.10. The Balaban J connectivity index is 2.32. The van der Waals surface area contributed by atoms with E-state index in [0.717, 1.165) is 10.2 Å². The fraction of sp³-hybridized carbons (Fsp3) is 0.235. The van der Waals surface area contributed by atoms with Crippen molar-refractivity contribution in [3.63, 3.8) is 0 Å². The van der Waals surface area contributed by atoms with Crippen molar-refractivity contribution in [3.8, 4) is 22.8 Å².